The van der Waals surface area contributed by atoms with Crippen molar-refractivity contribution in [1.82, 2.24) is 0 Å². The van der Waals surface area contributed by atoms with Crippen LogP contribution < -0.4 is 5.32 Å². The molecule has 98 valence electrons. The number of fused-ring (bicyclic) bond motifs is 1. The molecule has 5 heteroatoms. The predicted molar refractivity (Wildman–Crippen MR) is 78.1 cm³/mol. The fourth-order valence-corrected chi connectivity index (χ4v) is 2.02. The van der Waals surface area contributed by atoms with Gasteiger partial charge in [0.2, 0.25) is 5.91 Å². The maximum atomic E-state index is 11.5. The highest BCUT2D eigenvalue weighted by Crippen LogP contribution is 2.34. The Balaban J connectivity index is 2.60. The minimum atomic E-state index is -0.305. The molecule has 0 unspecified atom stereocenters. The molecule has 0 atom stereocenters. The van der Waals surface area contributed by atoms with E-state index in [-0.39, 0.29) is 23.2 Å². The van der Waals surface area contributed by atoms with Gasteiger partial charge in [-0.3, -0.25) is 9.59 Å². The third kappa shape index (κ3) is 2.56. The fraction of sp³-hybridized carbons (Fsp3) is 0.143. The second-order valence-corrected chi connectivity index (χ2v) is 4.44. The van der Waals surface area contributed by atoms with Crippen molar-refractivity contribution in [2.45, 2.75) is 6.92 Å². The highest BCUT2D eigenvalue weighted by molar-refractivity contribution is 7.81. The van der Waals surface area contributed by atoms with E-state index in [0.717, 1.165) is 0 Å². The van der Waals surface area contributed by atoms with Crippen LogP contribution in [0.2, 0.25) is 0 Å². The summed E-state index contributed by atoms with van der Waals surface area (Å²) in [6.07, 6.45) is 0. The van der Waals surface area contributed by atoms with Crippen LogP contribution in [0.15, 0.2) is 30.3 Å². The number of aromatic hydroxyl groups is 1. The van der Waals surface area contributed by atoms with Crippen molar-refractivity contribution in [1.29, 1.82) is 0 Å². The molecule has 2 rings (SSSR count). The zero-order chi connectivity index (χ0) is 14.0. The Bertz CT molecular complexity index is 667. The standard InChI is InChI=1S/C14H13NO3S/c1-8(16)9-3-2-4-11-10(9)5-6-12(14(11)18)15-13(17)7-19/h2-6,18-19H,7H2,1H3,(H,15,17). The number of rotatable bonds is 3. The number of Topliss-reactive ketones (excluding diaryl/α,β-unsaturated/α-hetero) is 1. The number of phenols is 1. The molecule has 2 aromatic rings. The van der Waals surface area contributed by atoms with Crippen LogP contribution in [0.25, 0.3) is 10.8 Å². The highest BCUT2D eigenvalue weighted by Gasteiger charge is 2.12. The van der Waals surface area contributed by atoms with Crippen LogP contribution in [-0.4, -0.2) is 22.5 Å². The van der Waals surface area contributed by atoms with Gasteiger partial charge in [0.05, 0.1) is 11.4 Å². The van der Waals surface area contributed by atoms with E-state index in [4.69, 9.17) is 0 Å². The molecular formula is C14H13NO3S. The summed E-state index contributed by atoms with van der Waals surface area (Å²) < 4.78 is 0. The maximum absolute atomic E-state index is 11.5. The Morgan fingerprint density at radius 1 is 1.21 bits per heavy atom. The van der Waals surface area contributed by atoms with E-state index in [1.807, 2.05) is 0 Å². The predicted octanol–water partition coefficient (Wildman–Crippen LogP) is 2.62. The van der Waals surface area contributed by atoms with Crippen molar-refractivity contribution < 1.29 is 14.7 Å². The molecule has 0 bridgehead atoms. The van der Waals surface area contributed by atoms with Gasteiger partial charge in [-0.25, -0.2) is 0 Å². The number of ketones is 1. The number of hydrogen-bond acceptors (Lipinski definition) is 4. The minimum absolute atomic E-state index is 0.0327. The number of hydrogen-bond donors (Lipinski definition) is 3. The molecule has 19 heavy (non-hydrogen) atoms. The van der Waals surface area contributed by atoms with Crippen molar-refractivity contribution in [3.05, 3.63) is 35.9 Å². The first-order chi connectivity index (χ1) is 9.04. The first-order valence-corrected chi connectivity index (χ1v) is 6.34. The van der Waals surface area contributed by atoms with Crippen molar-refractivity contribution in [2.24, 2.45) is 0 Å². The maximum Gasteiger partial charge on any atom is 0.234 e. The molecule has 4 nitrogen and oxygen atoms in total. The lowest BCUT2D eigenvalue weighted by atomic mass is 10.0. The average Bonchev–Trinajstić information content (AvgIpc) is 2.41. The Hall–Kier alpha value is -2.01. The van der Waals surface area contributed by atoms with Gasteiger partial charge in [-0.05, 0) is 18.4 Å². The molecule has 1 amide bonds. The number of phenolic OH excluding ortho intramolecular Hbond substituents is 1. The number of benzene rings is 2. The third-order valence-corrected chi connectivity index (χ3v) is 3.12. The van der Waals surface area contributed by atoms with Gasteiger partial charge in [-0.1, -0.05) is 24.3 Å². The molecular weight excluding hydrogens is 262 g/mol. The number of carbonyl (C=O) groups excluding carboxylic acids is 2. The van der Waals surface area contributed by atoms with Crippen LogP contribution in [-0.2, 0) is 4.79 Å². The third-order valence-electron chi connectivity index (χ3n) is 2.83. The molecule has 0 fully saturated rings. The number of carbonyl (C=O) groups is 2. The van der Waals surface area contributed by atoms with E-state index in [9.17, 15) is 14.7 Å². The zero-order valence-corrected chi connectivity index (χ0v) is 11.2. The average molecular weight is 275 g/mol. The summed E-state index contributed by atoms with van der Waals surface area (Å²) >= 11 is 3.86. The Morgan fingerprint density at radius 3 is 2.58 bits per heavy atom. The van der Waals surface area contributed by atoms with Crippen molar-refractivity contribution in [3.63, 3.8) is 0 Å². The molecule has 0 radical (unpaired) electrons. The Labute approximate surface area is 115 Å². The summed E-state index contributed by atoms with van der Waals surface area (Å²) in [6.45, 7) is 1.47. The normalized spacial score (nSPS) is 10.4. The summed E-state index contributed by atoms with van der Waals surface area (Å²) in [7, 11) is 0. The van der Waals surface area contributed by atoms with Crippen molar-refractivity contribution in [3.8, 4) is 5.75 Å². The zero-order valence-electron chi connectivity index (χ0n) is 10.3. The SMILES string of the molecule is CC(=O)c1cccc2c(O)c(NC(=O)CS)ccc12. The Kier molecular flexibility index (Phi) is 3.76. The molecule has 0 aliphatic rings. The molecule has 0 aromatic heterocycles. The first kappa shape index (κ1) is 13.4. The van der Waals surface area contributed by atoms with Crippen LogP contribution >= 0.6 is 12.6 Å². The van der Waals surface area contributed by atoms with E-state index < -0.39 is 0 Å². The molecule has 2 aromatic carbocycles. The smallest absolute Gasteiger partial charge is 0.234 e. The molecule has 0 spiro atoms. The van der Waals surface area contributed by atoms with Gasteiger partial charge < -0.3 is 10.4 Å². The van der Waals surface area contributed by atoms with Gasteiger partial charge in [-0.15, -0.1) is 0 Å². The van der Waals surface area contributed by atoms with E-state index in [2.05, 4.69) is 17.9 Å². The van der Waals surface area contributed by atoms with Gasteiger partial charge >= 0.3 is 0 Å². The van der Waals surface area contributed by atoms with Gasteiger partial charge in [0.1, 0.15) is 5.75 Å². The molecule has 2 N–H and O–H groups in total. The molecule has 0 saturated carbocycles. The largest absolute Gasteiger partial charge is 0.505 e. The van der Waals surface area contributed by atoms with E-state index in [0.29, 0.717) is 22.0 Å². The first-order valence-electron chi connectivity index (χ1n) is 5.71. The number of thiol groups is 1. The lowest BCUT2D eigenvalue weighted by Gasteiger charge is -2.10. The number of amides is 1. The molecule has 0 aliphatic heterocycles. The van der Waals surface area contributed by atoms with Crippen molar-refractivity contribution >= 4 is 40.8 Å². The van der Waals surface area contributed by atoms with E-state index in [1.165, 1.54) is 6.92 Å². The van der Waals surface area contributed by atoms with Crippen LogP contribution in [0.5, 0.6) is 5.75 Å². The van der Waals surface area contributed by atoms with Gasteiger partial charge in [-0.2, -0.15) is 12.6 Å². The summed E-state index contributed by atoms with van der Waals surface area (Å²) in [5, 5.41) is 13.9. The lowest BCUT2D eigenvalue weighted by molar-refractivity contribution is -0.113. The fourth-order valence-electron chi connectivity index (χ4n) is 1.94. The quantitative estimate of drug-likeness (QED) is 0.458. The lowest BCUT2D eigenvalue weighted by Crippen LogP contribution is -2.12. The number of nitrogens with one attached hydrogen (secondary N) is 1. The van der Waals surface area contributed by atoms with Crippen LogP contribution in [0.1, 0.15) is 17.3 Å². The Morgan fingerprint density at radius 2 is 1.95 bits per heavy atom. The summed E-state index contributed by atoms with van der Waals surface area (Å²) in [5.74, 6) is -0.390. The summed E-state index contributed by atoms with van der Waals surface area (Å²) in [4.78, 5) is 22.8. The summed E-state index contributed by atoms with van der Waals surface area (Å²) in [6, 6.07) is 8.39. The summed E-state index contributed by atoms with van der Waals surface area (Å²) in [5.41, 5.74) is 0.854. The van der Waals surface area contributed by atoms with Crippen LogP contribution in [0, 0.1) is 0 Å². The monoisotopic (exact) mass is 275 g/mol. The van der Waals surface area contributed by atoms with Gasteiger partial charge in [0, 0.05) is 10.9 Å². The highest BCUT2D eigenvalue weighted by atomic mass is 32.1. The topological polar surface area (TPSA) is 66.4 Å². The molecule has 0 heterocycles. The number of anilines is 1. The second kappa shape index (κ2) is 5.32. The minimum Gasteiger partial charge on any atom is -0.505 e. The van der Waals surface area contributed by atoms with Gasteiger partial charge in [0.15, 0.2) is 5.78 Å². The van der Waals surface area contributed by atoms with E-state index >= 15 is 0 Å². The van der Waals surface area contributed by atoms with E-state index in [1.54, 1.807) is 30.3 Å². The van der Waals surface area contributed by atoms with Gasteiger partial charge in [0.25, 0.3) is 0 Å². The molecule has 0 aliphatic carbocycles. The van der Waals surface area contributed by atoms with Crippen LogP contribution in [0.3, 0.4) is 0 Å². The molecule has 0 saturated heterocycles. The second-order valence-electron chi connectivity index (χ2n) is 4.12. The van der Waals surface area contributed by atoms with Crippen LogP contribution in [0.4, 0.5) is 5.69 Å². The van der Waals surface area contributed by atoms with Crippen molar-refractivity contribution in [2.75, 3.05) is 11.1 Å².